The lowest BCUT2D eigenvalue weighted by molar-refractivity contribution is -0.126. The molecule has 0 bridgehead atoms. The van der Waals surface area contributed by atoms with Crippen molar-refractivity contribution >= 4 is 43.5 Å². The highest BCUT2D eigenvalue weighted by Crippen LogP contribution is 2.40. The van der Waals surface area contributed by atoms with E-state index in [2.05, 4.69) is 20.8 Å². The van der Waals surface area contributed by atoms with Gasteiger partial charge in [0.1, 0.15) is 17.2 Å². The quantitative estimate of drug-likeness (QED) is 0.142. The van der Waals surface area contributed by atoms with Crippen LogP contribution in [0.15, 0.2) is 48.4 Å². The fourth-order valence-electron chi connectivity index (χ4n) is 3.70. The van der Waals surface area contributed by atoms with Gasteiger partial charge in [-0.25, -0.2) is 13.8 Å². The standard InChI is InChI=1S/C22H17F5N4O4S2/c1-2-18(32)30-7-4-14-12-17(29-31(14)9-8-30)19-16(11-13(24)3-6-23)20-15(5-10-36-20)21(28-19)35-37(33,34)22(25,26)27/h2-3,5-6,10-12H,1,4,7-9H2/b6-3+,13-11?. The Kier molecular flexibility index (Phi) is 7.19. The van der Waals surface area contributed by atoms with Crippen LogP contribution in [-0.4, -0.2) is 52.6 Å². The highest BCUT2D eigenvalue weighted by atomic mass is 32.2. The van der Waals surface area contributed by atoms with Crippen LogP contribution in [-0.2, 0) is 27.9 Å². The van der Waals surface area contributed by atoms with Crippen LogP contribution >= 0.6 is 11.3 Å². The third-order valence-electron chi connectivity index (χ3n) is 5.40. The van der Waals surface area contributed by atoms with E-state index in [9.17, 15) is 35.2 Å². The first-order valence-corrected chi connectivity index (χ1v) is 12.8. The summed E-state index contributed by atoms with van der Waals surface area (Å²) in [6.45, 7) is 4.38. The molecule has 0 N–H and O–H groups in total. The first-order chi connectivity index (χ1) is 17.4. The third-order valence-corrected chi connectivity index (χ3v) is 7.29. The Morgan fingerprint density at radius 2 is 2.00 bits per heavy atom. The van der Waals surface area contributed by atoms with Crippen LogP contribution in [0.5, 0.6) is 5.88 Å². The molecule has 196 valence electrons. The topological polar surface area (TPSA) is 94.4 Å². The summed E-state index contributed by atoms with van der Waals surface area (Å²) in [7, 11) is -6.07. The number of rotatable bonds is 6. The predicted octanol–water partition coefficient (Wildman–Crippen LogP) is 4.75. The van der Waals surface area contributed by atoms with Crippen molar-refractivity contribution in [1.82, 2.24) is 19.7 Å². The number of halogens is 5. The molecule has 0 aromatic carbocycles. The second-order valence-corrected chi connectivity index (χ2v) is 10.1. The van der Waals surface area contributed by atoms with Crippen molar-refractivity contribution in [3.05, 3.63) is 59.7 Å². The first-order valence-electron chi connectivity index (χ1n) is 10.5. The highest BCUT2D eigenvalue weighted by Gasteiger charge is 2.49. The zero-order valence-corrected chi connectivity index (χ0v) is 20.3. The van der Waals surface area contributed by atoms with Crippen molar-refractivity contribution in [2.24, 2.45) is 0 Å². The van der Waals surface area contributed by atoms with Crippen molar-refractivity contribution in [2.45, 2.75) is 18.5 Å². The van der Waals surface area contributed by atoms with Crippen molar-refractivity contribution in [3.8, 4) is 17.3 Å². The molecule has 0 spiro atoms. The van der Waals surface area contributed by atoms with Gasteiger partial charge in [-0.3, -0.25) is 9.48 Å². The summed E-state index contributed by atoms with van der Waals surface area (Å²) in [5.41, 5.74) is -5.12. The lowest BCUT2D eigenvalue weighted by atomic mass is 10.1. The van der Waals surface area contributed by atoms with E-state index in [-0.39, 0.29) is 45.8 Å². The Morgan fingerprint density at radius 1 is 1.24 bits per heavy atom. The average Bonchev–Trinajstić information content (AvgIpc) is 3.43. The van der Waals surface area contributed by atoms with Gasteiger partial charge >= 0.3 is 15.6 Å². The molecule has 1 aliphatic rings. The minimum absolute atomic E-state index is 0.0347. The maximum atomic E-state index is 14.3. The Bertz CT molecular complexity index is 1510. The Morgan fingerprint density at radius 3 is 2.68 bits per heavy atom. The lowest BCUT2D eigenvalue weighted by Gasteiger charge is -2.17. The van der Waals surface area contributed by atoms with Crippen LogP contribution in [0, 0.1) is 0 Å². The van der Waals surface area contributed by atoms with Crippen molar-refractivity contribution in [2.75, 3.05) is 13.1 Å². The Labute approximate surface area is 211 Å². The molecule has 0 radical (unpaired) electrons. The zero-order chi connectivity index (χ0) is 27.0. The number of allylic oxidation sites excluding steroid dienone is 2. The minimum Gasteiger partial charge on any atom is -0.355 e. The summed E-state index contributed by atoms with van der Waals surface area (Å²) in [5.74, 6) is -2.16. The molecule has 15 heteroatoms. The summed E-state index contributed by atoms with van der Waals surface area (Å²) < 4.78 is 95.5. The van der Waals surface area contributed by atoms with Crippen LogP contribution in [0.4, 0.5) is 22.0 Å². The molecule has 37 heavy (non-hydrogen) atoms. The summed E-state index contributed by atoms with van der Waals surface area (Å²) in [6, 6.07) is 2.82. The van der Waals surface area contributed by atoms with Crippen molar-refractivity contribution in [3.63, 3.8) is 0 Å². The largest absolute Gasteiger partial charge is 0.534 e. The van der Waals surface area contributed by atoms with E-state index in [0.717, 1.165) is 17.4 Å². The number of amides is 1. The fourth-order valence-corrected chi connectivity index (χ4v) is 5.03. The molecule has 0 aliphatic carbocycles. The molecule has 1 aliphatic heterocycles. The van der Waals surface area contributed by atoms with E-state index in [4.69, 9.17) is 0 Å². The molecule has 4 heterocycles. The van der Waals surface area contributed by atoms with Crippen LogP contribution in [0.25, 0.3) is 27.6 Å². The molecule has 3 aromatic rings. The van der Waals surface area contributed by atoms with Gasteiger partial charge in [0.05, 0.1) is 18.3 Å². The van der Waals surface area contributed by atoms with Gasteiger partial charge in [0.25, 0.3) is 0 Å². The number of carbonyl (C=O) groups excluding carboxylic acids is 1. The van der Waals surface area contributed by atoms with E-state index >= 15 is 0 Å². The fraction of sp³-hybridized carbons (Fsp3) is 0.227. The van der Waals surface area contributed by atoms with Gasteiger partial charge in [-0.1, -0.05) is 6.58 Å². The van der Waals surface area contributed by atoms with Crippen molar-refractivity contribution < 1.29 is 39.3 Å². The number of aromatic nitrogens is 3. The Balaban J connectivity index is 1.88. The third kappa shape index (κ3) is 5.27. The van der Waals surface area contributed by atoms with Crippen LogP contribution in [0.2, 0.25) is 0 Å². The molecular formula is C22H17F5N4O4S2. The monoisotopic (exact) mass is 560 g/mol. The van der Waals surface area contributed by atoms with Gasteiger partial charge in [0.2, 0.25) is 11.8 Å². The first kappa shape index (κ1) is 26.5. The number of pyridine rings is 1. The average molecular weight is 561 g/mol. The molecule has 4 rings (SSSR count). The molecule has 1 amide bonds. The number of hydrogen-bond donors (Lipinski definition) is 0. The maximum absolute atomic E-state index is 14.3. The van der Waals surface area contributed by atoms with Gasteiger partial charge in [-0.05, 0) is 29.7 Å². The number of alkyl halides is 3. The summed E-state index contributed by atoms with van der Waals surface area (Å²) in [4.78, 5) is 17.5. The van der Waals surface area contributed by atoms with Gasteiger partial charge in [0.15, 0.2) is 0 Å². The van der Waals surface area contributed by atoms with Crippen LogP contribution in [0.3, 0.4) is 0 Å². The van der Waals surface area contributed by atoms with Gasteiger partial charge in [-0.2, -0.15) is 26.7 Å². The molecular weight excluding hydrogens is 543 g/mol. The number of nitrogens with zero attached hydrogens (tertiary/aromatic N) is 4. The van der Waals surface area contributed by atoms with E-state index < -0.39 is 27.3 Å². The van der Waals surface area contributed by atoms with Gasteiger partial charge < -0.3 is 9.08 Å². The molecule has 8 nitrogen and oxygen atoms in total. The molecule has 0 atom stereocenters. The molecule has 0 fully saturated rings. The maximum Gasteiger partial charge on any atom is 0.534 e. The summed E-state index contributed by atoms with van der Waals surface area (Å²) >= 11 is 0.961. The number of fused-ring (bicyclic) bond motifs is 2. The summed E-state index contributed by atoms with van der Waals surface area (Å²) in [6.07, 6.45) is 2.95. The highest BCUT2D eigenvalue weighted by molar-refractivity contribution is 7.88. The van der Waals surface area contributed by atoms with Crippen LogP contribution in [0.1, 0.15) is 11.3 Å². The smallest absolute Gasteiger partial charge is 0.355 e. The van der Waals surface area contributed by atoms with E-state index in [1.165, 1.54) is 17.5 Å². The normalized spacial score (nSPS) is 15.2. The van der Waals surface area contributed by atoms with E-state index in [0.29, 0.717) is 31.3 Å². The predicted molar refractivity (Wildman–Crippen MR) is 126 cm³/mol. The summed E-state index contributed by atoms with van der Waals surface area (Å²) in [5, 5.41) is 5.72. The number of thiophene rings is 1. The molecule has 0 saturated carbocycles. The lowest BCUT2D eigenvalue weighted by Crippen LogP contribution is -2.32. The van der Waals surface area contributed by atoms with Crippen LogP contribution < -0.4 is 4.18 Å². The van der Waals surface area contributed by atoms with Gasteiger partial charge in [0, 0.05) is 41.5 Å². The number of carbonyl (C=O) groups is 1. The molecule has 3 aromatic heterocycles. The van der Waals surface area contributed by atoms with E-state index in [1.807, 2.05) is 0 Å². The number of hydrogen-bond acceptors (Lipinski definition) is 7. The zero-order valence-electron chi connectivity index (χ0n) is 18.7. The minimum atomic E-state index is -6.07. The Hall–Kier alpha value is -3.59. The van der Waals surface area contributed by atoms with E-state index in [1.54, 1.807) is 15.6 Å². The molecule has 0 saturated heterocycles. The second-order valence-electron chi connectivity index (χ2n) is 7.67. The second kappa shape index (κ2) is 10.0. The van der Waals surface area contributed by atoms with Gasteiger partial charge in [-0.15, -0.1) is 11.3 Å². The SMILES string of the molecule is C=CC(=O)N1CCc2cc(-c3nc(OS(=O)(=O)C(F)(F)F)c4ccsc4c3C=C(F)/C=C/F)nn2CC1. The molecule has 0 unspecified atom stereocenters. The van der Waals surface area contributed by atoms with Crippen molar-refractivity contribution in [1.29, 1.82) is 0 Å².